The molecule has 1 N–H and O–H groups in total. The van der Waals surface area contributed by atoms with E-state index in [1.807, 2.05) is 0 Å². The largest absolute Gasteiger partial charge is 0.336 e. The zero-order valence-corrected chi connectivity index (χ0v) is 8.14. The fourth-order valence-corrected chi connectivity index (χ4v) is 1.24. The lowest BCUT2D eigenvalue weighted by molar-refractivity contribution is 0.00888. The van der Waals surface area contributed by atoms with E-state index < -0.39 is 23.9 Å². The van der Waals surface area contributed by atoms with E-state index >= 15 is 0 Å². The minimum atomic E-state index is -3.15. The third-order valence-electron chi connectivity index (χ3n) is 2.01. The van der Waals surface area contributed by atoms with Crippen LogP contribution in [0.5, 0.6) is 0 Å². The van der Waals surface area contributed by atoms with Gasteiger partial charge in [-0.05, 0) is 12.1 Å². The molecule has 0 aliphatic heterocycles. The van der Waals surface area contributed by atoms with Crippen molar-refractivity contribution in [3.63, 3.8) is 0 Å². The molecule has 2 aromatic heterocycles. The highest BCUT2D eigenvalue weighted by atomic mass is 19.3. The van der Waals surface area contributed by atoms with Gasteiger partial charge in [-0.1, -0.05) is 0 Å². The first-order valence-corrected chi connectivity index (χ1v) is 4.41. The van der Waals surface area contributed by atoms with Crippen molar-refractivity contribution in [3.05, 3.63) is 23.7 Å². The predicted octanol–water partition coefficient (Wildman–Crippen LogP) is 3.01. The van der Waals surface area contributed by atoms with Gasteiger partial charge >= 0.3 is 5.92 Å². The number of halogens is 4. The first-order chi connectivity index (χ1) is 7.38. The van der Waals surface area contributed by atoms with Crippen molar-refractivity contribution in [2.24, 2.45) is 0 Å². The van der Waals surface area contributed by atoms with Crippen LogP contribution in [0.15, 0.2) is 12.1 Å². The van der Waals surface area contributed by atoms with E-state index in [9.17, 15) is 17.6 Å². The molecule has 0 radical (unpaired) electrons. The van der Waals surface area contributed by atoms with Crippen molar-refractivity contribution < 1.29 is 17.6 Å². The van der Waals surface area contributed by atoms with E-state index in [1.54, 1.807) is 0 Å². The number of nitrogens with one attached hydrogen (secondary N) is 1. The molecule has 0 amide bonds. The first-order valence-electron chi connectivity index (χ1n) is 4.41. The van der Waals surface area contributed by atoms with Crippen LogP contribution in [0.2, 0.25) is 0 Å². The van der Waals surface area contributed by atoms with E-state index in [0.29, 0.717) is 6.92 Å². The summed E-state index contributed by atoms with van der Waals surface area (Å²) in [5.74, 6) is -3.73. The van der Waals surface area contributed by atoms with Gasteiger partial charge < -0.3 is 4.98 Å². The van der Waals surface area contributed by atoms with Gasteiger partial charge in [-0.15, -0.1) is 0 Å². The standard InChI is InChI=1S/C9H7F4N3/c1-9(12,13)8-15-5-3-2-4(6(10)11)14-7(5)16-8/h2-3,6H,1H3,(H,14,15,16). The number of imidazole rings is 1. The molecule has 0 atom stereocenters. The van der Waals surface area contributed by atoms with E-state index in [2.05, 4.69) is 15.0 Å². The number of hydrogen-bond acceptors (Lipinski definition) is 2. The first kappa shape index (κ1) is 10.8. The molecule has 0 fully saturated rings. The van der Waals surface area contributed by atoms with E-state index in [-0.39, 0.29) is 11.2 Å². The van der Waals surface area contributed by atoms with Crippen molar-refractivity contribution in [2.75, 3.05) is 0 Å². The Morgan fingerprint density at radius 2 is 1.94 bits per heavy atom. The Labute approximate surface area is 87.5 Å². The van der Waals surface area contributed by atoms with Gasteiger partial charge in [-0.2, -0.15) is 8.78 Å². The number of aromatic amines is 1. The SMILES string of the molecule is CC(F)(F)c1nc2nc(C(F)F)ccc2[nH]1. The van der Waals surface area contributed by atoms with Gasteiger partial charge in [0, 0.05) is 6.92 Å². The molecule has 0 aromatic carbocycles. The van der Waals surface area contributed by atoms with Crippen LogP contribution in [-0.4, -0.2) is 15.0 Å². The number of H-pyrrole nitrogens is 1. The van der Waals surface area contributed by atoms with Crippen LogP contribution in [0.1, 0.15) is 24.9 Å². The van der Waals surface area contributed by atoms with Gasteiger partial charge in [0.15, 0.2) is 11.5 Å². The van der Waals surface area contributed by atoms with Crippen molar-refractivity contribution in [2.45, 2.75) is 19.3 Å². The van der Waals surface area contributed by atoms with Crippen LogP contribution in [0.4, 0.5) is 17.6 Å². The Hall–Kier alpha value is -1.66. The van der Waals surface area contributed by atoms with Gasteiger partial charge in [-0.3, -0.25) is 0 Å². The molecule has 0 aliphatic rings. The second-order valence-corrected chi connectivity index (χ2v) is 3.38. The maximum absolute atomic E-state index is 12.9. The molecular formula is C9H7F4N3. The monoisotopic (exact) mass is 233 g/mol. The van der Waals surface area contributed by atoms with Crippen LogP contribution >= 0.6 is 0 Å². The molecule has 0 saturated heterocycles. The van der Waals surface area contributed by atoms with Gasteiger partial charge in [-0.25, -0.2) is 18.7 Å². The Morgan fingerprint density at radius 3 is 2.50 bits per heavy atom. The molecule has 0 bridgehead atoms. The summed E-state index contributed by atoms with van der Waals surface area (Å²) in [4.78, 5) is 9.29. The summed E-state index contributed by atoms with van der Waals surface area (Å²) in [6.45, 7) is 0.665. The van der Waals surface area contributed by atoms with Crippen molar-refractivity contribution in [1.82, 2.24) is 15.0 Å². The van der Waals surface area contributed by atoms with Crippen molar-refractivity contribution >= 4 is 11.2 Å². The zero-order chi connectivity index (χ0) is 11.9. The Balaban J connectivity index is 2.54. The summed E-state index contributed by atoms with van der Waals surface area (Å²) < 4.78 is 50.3. The molecule has 0 unspecified atom stereocenters. The number of pyridine rings is 1. The van der Waals surface area contributed by atoms with Gasteiger partial charge in [0.1, 0.15) is 5.69 Å². The average Bonchev–Trinajstić information content (AvgIpc) is 2.58. The fourth-order valence-electron chi connectivity index (χ4n) is 1.24. The number of aromatic nitrogens is 3. The van der Waals surface area contributed by atoms with E-state index in [1.165, 1.54) is 6.07 Å². The van der Waals surface area contributed by atoms with Crippen molar-refractivity contribution in [3.8, 4) is 0 Å². The lowest BCUT2D eigenvalue weighted by atomic mass is 10.3. The zero-order valence-electron chi connectivity index (χ0n) is 8.14. The van der Waals surface area contributed by atoms with Gasteiger partial charge in [0.2, 0.25) is 0 Å². The molecule has 2 heterocycles. The van der Waals surface area contributed by atoms with Crippen LogP contribution in [-0.2, 0) is 5.92 Å². The van der Waals surface area contributed by atoms with Crippen LogP contribution in [0.25, 0.3) is 11.2 Å². The fraction of sp³-hybridized carbons (Fsp3) is 0.333. The van der Waals surface area contributed by atoms with Gasteiger partial charge in [0.05, 0.1) is 5.52 Å². The summed E-state index contributed by atoms with van der Waals surface area (Å²) in [5.41, 5.74) is -0.403. The van der Waals surface area contributed by atoms with Crippen LogP contribution in [0.3, 0.4) is 0 Å². The van der Waals surface area contributed by atoms with Crippen LogP contribution in [0, 0.1) is 0 Å². The third kappa shape index (κ3) is 1.84. The van der Waals surface area contributed by atoms with Crippen LogP contribution < -0.4 is 0 Å². The molecule has 2 aromatic rings. The second kappa shape index (κ2) is 3.43. The normalized spacial score (nSPS) is 12.6. The summed E-state index contributed by atoms with van der Waals surface area (Å²) >= 11 is 0. The summed E-state index contributed by atoms with van der Waals surface area (Å²) in [7, 11) is 0. The number of nitrogens with zero attached hydrogens (tertiary/aromatic N) is 2. The lowest BCUT2D eigenvalue weighted by Gasteiger charge is -2.03. The van der Waals surface area contributed by atoms with Crippen molar-refractivity contribution in [1.29, 1.82) is 0 Å². The molecular weight excluding hydrogens is 226 g/mol. The topological polar surface area (TPSA) is 41.6 Å². The smallest absolute Gasteiger partial charge is 0.302 e. The summed E-state index contributed by atoms with van der Waals surface area (Å²) in [5, 5.41) is 0. The molecule has 0 saturated carbocycles. The molecule has 2 rings (SSSR count). The van der Waals surface area contributed by atoms with E-state index in [4.69, 9.17) is 0 Å². The molecule has 3 nitrogen and oxygen atoms in total. The minimum Gasteiger partial charge on any atom is -0.336 e. The highest BCUT2D eigenvalue weighted by Gasteiger charge is 2.29. The predicted molar refractivity (Wildman–Crippen MR) is 48.4 cm³/mol. The second-order valence-electron chi connectivity index (χ2n) is 3.38. The highest BCUT2D eigenvalue weighted by Crippen LogP contribution is 2.26. The molecule has 0 spiro atoms. The molecule has 16 heavy (non-hydrogen) atoms. The summed E-state index contributed by atoms with van der Waals surface area (Å²) in [6, 6.07) is 2.33. The number of rotatable bonds is 2. The molecule has 86 valence electrons. The highest BCUT2D eigenvalue weighted by molar-refractivity contribution is 5.70. The maximum Gasteiger partial charge on any atom is 0.302 e. The Morgan fingerprint density at radius 1 is 1.25 bits per heavy atom. The maximum atomic E-state index is 12.9. The van der Waals surface area contributed by atoms with Gasteiger partial charge in [0.25, 0.3) is 6.43 Å². The average molecular weight is 233 g/mol. The molecule has 7 heteroatoms. The minimum absolute atomic E-state index is 0.130. The number of alkyl halides is 4. The number of fused-ring (bicyclic) bond motifs is 1. The quantitative estimate of drug-likeness (QED) is 0.810. The Kier molecular flexibility index (Phi) is 2.32. The number of hydrogen-bond donors (Lipinski definition) is 1. The third-order valence-corrected chi connectivity index (χ3v) is 2.01. The summed E-state index contributed by atoms with van der Waals surface area (Å²) in [6.07, 6.45) is -2.74. The molecule has 0 aliphatic carbocycles. The lowest BCUT2D eigenvalue weighted by Crippen LogP contribution is -2.08. The van der Waals surface area contributed by atoms with E-state index in [0.717, 1.165) is 6.07 Å². The Bertz CT molecular complexity index is 515.